The Hall–Kier alpha value is -2.49. The van der Waals surface area contributed by atoms with Gasteiger partial charge < -0.3 is 14.8 Å². The molecule has 3 rings (SSSR count). The van der Waals surface area contributed by atoms with E-state index in [0.717, 1.165) is 5.69 Å². The highest BCUT2D eigenvalue weighted by molar-refractivity contribution is 6.04. The molecule has 1 aliphatic heterocycles. The van der Waals surface area contributed by atoms with Gasteiger partial charge in [-0.3, -0.25) is 4.79 Å². The molecule has 4 heteroatoms. The first-order valence-corrected chi connectivity index (χ1v) is 6.94. The SMILES string of the molecule is CC(C)c1ccc(NC(=O)c2ccc3c(c2)OCO3)cc1. The quantitative estimate of drug-likeness (QED) is 0.932. The molecular formula is C17H17NO3. The number of rotatable bonds is 3. The minimum absolute atomic E-state index is 0.161. The third-order valence-corrected chi connectivity index (χ3v) is 3.47. The summed E-state index contributed by atoms with van der Waals surface area (Å²) in [6.45, 7) is 4.48. The Balaban J connectivity index is 1.74. The largest absolute Gasteiger partial charge is 0.454 e. The van der Waals surface area contributed by atoms with Crippen molar-refractivity contribution in [2.75, 3.05) is 12.1 Å². The number of amides is 1. The van der Waals surface area contributed by atoms with Crippen LogP contribution in [0.5, 0.6) is 11.5 Å². The summed E-state index contributed by atoms with van der Waals surface area (Å²) in [5, 5.41) is 2.88. The standard InChI is InChI=1S/C17H17NO3/c1-11(2)12-3-6-14(7-4-12)18-17(19)13-5-8-15-16(9-13)21-10-20-15/h3-9,11H,10H2,1-2H3,(H,18,19). The number of anilines is 1. The van der Waals surface area contributed by atoms with Crippen molar-refractivity contribution >= 4 is 11.6 Å². The fourth-order valence-corrected chi connectivity index (χ4v) is 2.19. The molecule has 0 unspecified atom stereocenters. The fraction of sp³-hybridized carbons (Fsp3) is 0.235. The Morgan fingerprint density at radius 3 is 2.48 bits per heavy atom. The van der Waals surface area contributed by atoms with E-state index in [1.165, 1.54) is 5.56 Å². The first kappa shape index (κ1) is 13.5. The summed E-state index contributed by atoms with van der Waals surface area (Å²) >= 11 is 0. The molecule has 2 aromatic rings. The summed E-state index contributed by atoms with van der Waals surface area (Å²) in [5.41, 5.74) is 2.57. The maximum absolute atomic E-state index is 12.2. The lowest BCUT2D eigenvalue weighted by Crippen LogP contribution is -2.11. The summed E-state index contributed by atoms with van der Waals surface area (Å²) in [7, 11) is 0. The lowest BCUT2D eigenvalue weighted by molar-refractivity contribution is 0.102. The number of nitrogens with one attached hydrogen (secondary N) is 1. The predicted octanol–water partition coefficient (Wildman–Crippen LogP) is 3.79. The lowest BCUT2D eigenvalue weighted by atomic mass is 10.0. The van der Waals surface area contributed by atoms with Crippen LogP contribution in [0.15, 0.2) is 42.5 Å². The van der Waals surface area contributed by atoms with Crippen molar-refractivity contribution in [2.45, 2.75) is 19.8 Å². The molecule has 0 spiro atoms. The van der Waals surface area contributed by atoms with Crippen LogP contribution in [0.4, 0.5) is 5.69 Å². The van der Waals surface area contributed by atoms with Crippen molar-refractivity contribution in [3.8, 4) is 11.5 Å². The zero-order valence-electron chi connectivity index (χ0n) is 12.1. The first-order valence-electron chi connectivity index (χ1n) is 6.94. The van der Waals surface area contributed by atoms with Gasteiger partial charge in [0.2, 0.25) is 6.79 Å². The zero-order valence-corrected chi connectivity index (χ0v) is 12.1. The topological polar surface area (TPSA) is 47.6 Å². The third kappa shape index (κ3) is 2.84. The average molecular weight is 283 g/mol. The van der Waals surface area contributed by atoms with Crippen LogP contribution in [-0.2, 0) is 0 Å². The molecule has 0 bridgehead atoms. The monoisotopic (exact) mass is 283 g/mol. The number of carbonyl (C=O) groups is 1. The Morgan fingerprint density at radius 2 is 1.76 bits per heavy atom. The van der Waals surface area contributed by atoms with E-state index in [4.69, 9.17) is 9.47 Å². The zero-order chi connectivity index (χ0) is 14.8. The van der Waals surface area contributed by atoms with Gasteiger partial charge in [0.25, 0.3) is 5.91 Å². The number of hydrogen-bond acceptors (Lipinski definition) is 3. The average Bonchev–Trinajstić information content (AvgIpc) is 2.95. The highest BCUT2D eigenvalue weighted by Crippen LogP contribution is 2.32. The molecule has 0 aliphatic carbocycles. The highest BCUT2D eigenvalue weighted by Gasteiger charge is 2.16. The predicted molar refractivity (Wildman–Crippen MR) is 81.0 cm³/mol. The third-order valence-electron chi connectivity index (χ3n) is 3.47. The van der Waals surface area contributed by atoms with Gasteiger partial charge in [-0.25, -0.2) is 0 Å². The van der Waals surface area contributed by atoms with Gasteiger partial charge in [-0.05, 0) is 41.8 Å². The van der Waals surface area contributed by atoms with Crippen LogP contribution in [0.2, 0.25) is 0 Å². The van der Waals surface area contributed by atoms with E-state index in [0.29, 0.717) is 23.0 Å². The number of benzene rings is 2. The molecule has 0 saturated heterocycles. The van der Waals surface area contributed by atoms with Crippen molar-refractivity contribution < 1.29 is 14.3 Å². The molecule has 1 N–H and O–H groups in total. The van der Waals surface area contributed by atoms with Crippen molar-refractivity contribution in [1.29, 1.82) is 0 Å². The summed E-state index contributed by atoms with van der Waals surface area (Å²) in [6, 6.07) is 13.1. The molecule has 108 valence electrons. The molecule has 0 atom stereocenters. The van der Waals surface area contributed by atoms with Gasteiger partial charge in [-0.15, -0.1) is 0 Å². The van der Waals surface area contributed by atoms with Crippen LogP contribution in [-0.4, -0.2) is 12.7 Å². The second-order valence-corrected chi connectivity index (χ2v) is 5.30. The Labute approximate surface area is 123 Å². The number of ether oxygens (including phenoxy) is 2. The molecule has 21 heavy (non-hydrogen) atoms. The van der Waals surface area contributed by atoms with Gasteiger partial charge in [-0.2, -0.15) is 0 Å². The summed E-state index contributed by atoms with van der Waals surface area (Å²) in [5.74, 6) is 1.60. The maximum atomic E-state index is 12.2. The normalized spacial score (nSPS) is 12.5. The van der Waals surface area contributed by atoms with Crippen LogP contribution in [0.25, 0.3) is 0 Å². The molecule has 0 radical (unpaired) electrons. The van der Waals surface area contributed by atoms with Gasteiger partial charge in [0.1, 0.15) is 0 Å². The van der Waals surface area contributed by atoms with Crippen molar-refractivity contribution in [2.24, 2.45) is 0 Å². The van der Waals surface area contributed by atoms with Gasteiger partial charge in [-0.1, -0.05) is 26.0 Å². The summed E-state index contributed by atoms with van der Waals surface area (Å²) < 4.78 is 10.5. The Morgan fingerprint density at radius 1 is 1.05 bits per heavy atom. The molecule has 0 aromatic heterocycles. The van der Waals surface area contributed by atoms with E-state index in [1.54, 1.807) is 18.2 Å². The summed E-state index contributed by atoms with van der Waals surface area (Å²) in [6.07, 6.45) is 0. The van der Waals surface area contributed by atoms with Crippen LogP contribution in [0, 0.1) is 0 Å². The van der Waals surface area contributed by atoms with E-state index < -0.39 is 0 Å². The van der Waals surface area contributed by atoms with Gasteiger partial charge in [0.15, 0.2) is 11.5 Å². The molecule has 4 nitrogen and oxygen atoms in total. The molecular weight excluding hydrogens is 266 g/mol. The molecule has 0 fully saturated rings. The number of fused-ring (bicyclic) bond motifs is 1. The van der Waals surface area contributed by atoms with Crippen molar-refractivity contribution in [3.05, 3.63) is 53.6 Å². The van der Waals surface area contributed by atoms with Crippen LogP contribution in [0.3, 0.4) is 0 Å². The molecule has 0 saturated carbocycles. The van der Waals surface area contributed by atoms with Crippen LogP contribution >= 0.6 is 0 Å². The Kier molecular flexibility index (Phi) is 3.52. The summed E-state index contributed by atoms with van der Waals surface area (Å²) in [4.78, 5) is 12.2. The molecule has 1 aliphatic rings. The van der Waals surface area contributed by atoms with E-state index in [-0.39, 0.29) is 12.7 Å². The highest BCUT2D eigenvalue weighted by atomic mass is 16.7. The van der Waals surface area contributed by atoms with Crippen molar-refractivity contribution in [3.63, 3.8) is 0 Å². The maximum Gasteiger partial charge on any atom is 0.255 e. The molecule has 2 aromatic carbocycles. The van der Waals surface area contributed by atoms with Crippen LogP contribution in [0.1, 0.15) is 35.7 Å². The van der Waals surface area contributed by atoms with Gasteiger partial charge in [0, 0.05) is 11.3 Å². The van der Waals surface area contributed by atoms with E-state index in [9.17, 15) is 4.79 Å². The first-order chi connectivity index (χ1) is 10.1. The lowest BCUT2D eigenvalue weighted by Gasteiger charge is -2.09. The Bertz CT molecular complexity index is 662. The van der Waals surface area contributed by atoms with Gasteiger partial charge >= 0.3 is 0 Å². The minimum atomic E-state index is -0.161. The van der Waals surface area contributed by atoms with Gasteiger partial charge in [0.05, 0.1) is 0 Å². The second-order valence-electron chi connectivity index (χ2n) is 5.30. The van der Waals surface area contributed by atoms with E-state index in [1.807, 2.05) is 24.3 Å². The molecule has 1 heterocycles. The van der Waals surface area contributed by atoms with Crippen LogP contribution < -0.4 is 14.8 Å². The molecule has 1 amide bonds. The number of carbonyl (C=O) groups excluding carboxylic acids is 1. The smallest absolute Gasteiger partial charge is 0.255 e. The fourth-order valence-electron chi connectivity index (χ4n) is 2.19. The van der Waals surface area contributed by atoms with Crippen molar-refractivity contribution in [1.82, 2.24) is 0 Å². The van der Waals surface area contributed by atoms with E-state index >= 15 is 0 Å². The van der Waals surface area contributed by atoms with E-state index in [2.05, 4.69) is 19.2 Å². The number of hydrogen-bond donors (Lipinski definition) is 1. The minimum Gasteiger partial charge on any atom is -0.454 e. The second kappa shape index (κ2) is 5.48.